The van der Waals surface area contributed by atoms with E-state index in [0.717, 1.165) is 28.8 Å². The number of nitrogens with zero attached hydrogens (tertiary/aromatic N) is 4. The van der Waals surface area contributed by atoms with Gasteiger partial charge in [-0.25, -0.2) is 17.8 Å². The van der Waals surface area contributed by atoms with Gasteiger partial charge in [0.1, 0.15) is 22.3 Å². The zero-order valence-corrected chi connectivity index (χ0v) is 19.6. The Balaban J connectivity index is 1.49. The molecule has 8 nitrogen and oxygen atoms in total. The molecule has 10 heteroatoms. The lowest BCUT2D eigenvalue weighted by Gasteiger charge is -2.35. The number of nitrogens with one attached hydrogen (secondary N) is 1. The second kappa shape index (κ2) is 9.32. The molecule has 0 spiro atoms. The van der Waals surface area contributed by atoms with Crippen LogP contribution in [-0.4, -0.2) is 56.0 Å². The fourth-order valence-corrected chi connectivity index (χ4v) is 5.27. The predicted molar refractivity (Wildman–Crippen MR) is 125 cm³/mol. The van der Waals surface area contributed by atoms with Crippen LogP contribution in [0.15, 0.2) is 53.4 Å². The van der Waals surface area contributed by atoms with Crippen LogP contribution in [0, 0.1) is 19.7 Å². The summed E-state index contributed by atoms with van der Waals surface area (Å²) >= 11 is 0. The molecule has 1 aromatic heterocycles. The van der Waals surface area contributed by atoms with Crippen LogP contribution >= 0.6 is 0 Å². The second-order valence-corrected chi connectivity index (χ2v) is 9.77. The van der Waals surface area contributed by atoms with Crippen molar-refractivity contribution in [3.8, 4) is 5.75 Å². The maximum atomic E-state index is 13.7. The highest BCUT2D eigenvalue weighted by molar-refractivity contribution is 7.89. The van der Waals surface area contributed by atoms with Gasteiger partial charge < -0.3 is 15.0 Å². The summed E-state index contributed by atoms with van der Waals surface area (Å²) in [5.41, 5.74) is 2.85. The van der Waals surface area contributed by atoms with Gasteiger partial charge >= 0.3 is 0 Å². The highest BCUT2D eigenvalue weighted by Crippen LogP contribution is 2.29. The summed E-state index contributed by atoms with van der Waals surface area (Å²) in [6.45, 7) is 5.28. The summed E-state index contributed by atoms with van der Waals surface area (Å²) in [7, 11) is -2.53. The first-order chi connectivity index (χ1) is 15.8. The number of halogens is 1. The summed E-state index contributed by atoms with van der Waals surface area (Å²) in [5.74, 6) is 0.695. The average Bonchev–Trinajstić information content (AvgIpc) is 2.80. The summed E-state index contributed by atoms with van der Waals surface area (Å²) < 4.78 is 46.5. The van der Waals surface area contributed by atoms with Gasteiger partial charge in [-0.15, -0.1) is 0 Å². The molecule has 0 aliphatic carbocycles. The fourth-order valence-electron chi connectivity index (χ4n) is 3.68. The molecular formula is C23H26FN5O3S. The van der Waals surface area contributed by atoms with E-state index in [1.165, 1.54) is 23.5 Å². The number of piperazine rings is 1. The summed E-state index contributed by atoms with van der Waals surface area (Å²) in [6, 6.07) is 13.3. The zero-order valence-electron chi connectivity index (χ0n) is 18.7. The van der Waals surface area contributed by atoms with Gasteiger partial charge in [0.25, 0.3) is 0 Å². The molecule has 0 unspecified atom stereocenters. The molecule has 3 aromatic rings. The minimum Gasteiger partial charge on any atom is -0.495 e. The van der Waals surface area contributed by atoms with Crippen molar-refractivity contribution in [1.29, 1.82) is 0 Å². The minimum absolute atomic E-state index is 0.122. The minimum atomic E-state index is -3.90. The molecule has 1 fully saturated rings. The first kappa shape index (κ1) is 22.9. The summed E-state index contributed by atoms with van der Waals surface area (Å²) in [6.07, 6.45) is 0. The van der Waals surface area contributed by atoms with Crippen LogP contribution in [0.1, 0.15) is 11.3 Å². The smallest absolute Gasteiger partial charge is 0.246 e. The number of rotatable bonds is 6. The number of sulfonamides is 1. The van der Waals surface area contributed by atoms with Crippen molar-refractivity contribution in [2.24, 2.45) is 0 Å². The highest BCUT2D eigenvalue weighted by atomic mass is 32.2. The molecule has 2 aromatic carbocycles. The molecule has 1 aliphatic heterocycles. The first-order valence-corrected chi connectivity index (χ1v) is 12.0. The Morgan fingerprint density at radius 3 is 2.33 bits per heavy atom. The summed E-state index contributed by atoms with van der Waals surface area (Å²) in [4.78, 5) is 10.9. The van der Waals surface area contributed by atoms with Crippen LogP contribution in [0.2, 0.25) is 0 Å². The molecule has 174 valence electrons. The Morgan fingerprint density at radius 2 is 1.67 bits per heavy atom. The van der Waals surface area contributed by atoms with Crippen LogP contribution in [0.5, 0.6) is 5.75 Å². The normalized spacial score (nSPS) is 14.8. The van der Waals surface area contributed by atoms with E-state index < -0.39 is 15.8 Å². The molecule has 2 heterocycles. The number of benzene rings is 2. The molecule has 0 radical (unpaired) electrons. The molecule has 0 saturated carbocycles. The molecule has 1 N–H and O–H groups in total. The van der Waals surface area contributed by atoms with Crippen molar-refractivity contribution >= 4 is 27.5 Å². The van der Waals surface area contributed by atoms with Gasteiger partial charge in [-0.3, -0.25) is 0 Å². The molecule has 0 bridgehead atoms. The van der Waals surface area contributed by atoms with Crippen molar-refractivity contribution < 1.29 is 17.5 Å². The molecule has 4 rings (SSSR count). The van der Waals surface area contributed by atoms with E-state index in [1.807, 2.05) is 49.1 Å². The van der Waals surface area contributed by atoms with Crippen LogP contribution in [0.4, 0.5) is 21.8 Å². The van der Waals surface area contributed by atoms with E-state index in [-0.39, 0.29) is 23.7 Å². The van der Waals surface area contributed by atoms with E-state index in [9.17, 15) is 12.8 Å². The van der Waals surface area contributed by atoms with E-state index in [4.69, 9.17) is 4.74 Å². The fraction of sp³-hybridized carbons (Fsp3) is 0.304. The lowest BCUT2D eigenvalue weighted by atomic mass is 10.2. The van der Waals surface area contributed by atoms with Crippen molar-refractivity contribution in [3.63, 3.8) is 0 Å². The third-order valence-corrected chi connectivity index (χ3v) is 7.37. The van der Waals surface area contributed by atoms with Crippen molar-refractivity contribution in [3.05, 3.63) is 65.6 Å². The highest BCUT2D eigenvalue weighted by Gasteiger charge is 2.31. The first-order valence-electron chi connectivity index (χ1n) is 10.5. The Labute approximate surface area is 193 Å². The number of aryl methyl sites for hydroxylation is 2. The van der Waals surface area contributed by atoms with Gasteiger partial charge in [0.05, 0.1) is 7.11 Å². The van der Waals surface area contributed by atoms with Gasteiger partial charge in [-0.05, 0) is 44.2 Å². The van der Waals surface area contributed by atoms with Gasteiger partial charge in [0.15, 0.2) is 0 Å². The lowest BCUT2D eigenvalue weighted by molar-refractivity contribution is 0.372. The monoisotopic (exact) mass is 471 g/mol. The predicted octanol–water partition coefficient (Wildman–Crippen LogP) is 3.50. The Bertz CT molecular complexity index is 1240. The van der Waals surface area contributed by atoms with E-state index >= 15 is 0 Å². The van der Waals surface area contributed by atoms with E-state index in [1.54, 1.807) is 0 Å². The van der Waals surface area contributed by atoms with E-state index in [2.05, 4.69) is 15.3 Å². The number of anilines is 3. The van der Waals surface area contributed by atoms with Crippen LogP contribution in [0.25, 0.3) is 0 Å². The topological polar surface area (TPSA) is 87.7 Å². The molecular weight excluding hydrogens is 445 g/mol. The Morgan fingerprint density at radius 1 is 0.970 bits per heavy atom. The number of hydrogen-bond acceptors (Lipinski definition) is 7. The maximum Gasteiger partial charge on any atom is 0.246 e. The van der Waals surface area contributed by atoms with Crippen LogP contribution < -0.4 is 15.0 Å². The third kappa shape index (κ3) is 5.07. The molecule has 0 amide bonds. The van der Waals surface area contributed by atoms with Crippen molar-refractivity contribution in [2.45, 2.75) is 18.7 Å². The van der Waals surface area contributed by atoms with Crippen LogP contribution in [-0.2, 0) is 10.0 Å². The summed E-state index contributed by atoms with van der Waals surface area (Å²) in [5, 5.41) is 3.22. The largest absolute Gasteiger partial charge is 0.495 e. The van der Waals surface area contributed by atoms with Gasteiger partial charge in [-0.2, -0.15) is 9.29 Å². The standard InChI is InChI=1S/C23H26FN5O3S/c1-16-4-7-19(8-5-16)26-23-25-17(2)14-22(27-23)28-10-12-29(13-11-28)33(30,31)21-15-18(24)6-9-20(21)32-3/h4-9,14-15H,10-13H2,1-3H3,(H,25,26,27). The van der Waals surface area contributed by atoms with Crippen molar-refractivity contribution in [1.82, 2.24) is 14.3 Å². The molecule has 33 heavy (non-hydrogen) atoms. The molecule has 0 atom stereocenters. The Hall–Kier alpha value is -3.24. The van der Waals surface area contributed by atoms with Gasteiger partial charge in [0.2, 0.25) is 16.0 Å². The third-order valence-electron chi connectivity index (χ3n) is 5.45. The number of hydrogen-bond donors (Lipinski definition) is 1. The maximum absolute atomic E-state index is 13.7. The lowest BCUT2D eigenvalue weighted by Crippen LogP contribution is -2.49. The number of methoxy groups -OCH3 is 1. The van der Waals surface area contributed by atoms with Gasteiger partial charge in [0, 0.05) is 43.6 Å². The second-order valence-electron chi connectivity index (χ2n) is 7.87. The zero-order chi connectivity index (χ0) is 23.6. The van der Waals surface area contributed by atoms with Gasteiger partial charge in [-0.1, -0.05) is 17.7 Å². The molecule has 1 aliphatic rings. The average molecular weight is 472 g/mol. The molecule has 1 saturated heterocycles. The Kier molecular flexibility index (Phi) is 6.48. The quantitative estimate of drug-likeness (QED) is 0.589. The van der Waals surface area contributed by atoms with Crippen LogP contribution in [0.3, 0.4) is 0 Å². The number of ether oxygens (including phenoxy) is 1. The number of aromatic nitrogens is 2. The van der Waals surface area contributed by atoms with E-state index in [0.29, 0.717) is 19.0 Å². The van der Waals surface area contributed by atoms with Crippen molar-refractivity contribution in [2.75, 3.05) is 43.5 Å². The SMILES string of the molecule is COc1ccc(F)cc1S(=O)(=O)N1CCN(c2cc(C)nc(Nc3ccc(C)cc3)n2)CC1.